The number of anilines is 2. The van der Waals surface area contributed by atoms with Gasteiger partial charge in [0.25, 0.3) is 0 Å². The van der Waals surface area contributed by atoms with E-state index in [9.17, 15) is 4.39 Å². The van der Waals surface area contributed by atoms with Crippen LogP contribution < -0.4 is 14.8 Å². The molecule has 0 spiro atoms. The Morgan fingerprint density at radius 2 is 1.90 bits per heavy atom. The van der Waals surface area contributed by atoms with Gasteiger partial charge in [0.05, 0.1) is 24.3 Å². The van der Waals surface area contributed by atoms with Crippen molar-refractivity contribution in [3.05, 3.63) is 61.3 Å². The summed E-state index contributed by atoms with van der Waals surface area (Å²) in [6.07, 6.45) is 2.28. The molecule has 0 saturated heterocycles. The van der Waals surface area contributed by atoms with E-state index in [1.807, 2.05) is 6.07 Å². The summed E-state index contributed by atoms with van der Waals surface area (Å²) in [6.45, 7) is 10.6. The number of fused-ring (bicyclic) bond motifs is 1. The van der Waals surface area contributed by atoms with Gasteiger partial charge in [0, 0.05) is 17.1 Å². The second-order valence-corrected chi connectivity index (χ2v) is 6.95. The van der Waals surface area contributed by atoms with Gasteiger partial charge < -0.3 is 33.5 Å². The molecule has 0 aliphatic rings. The first-order chi connectivity index (χ1) is 14.5. The van der Waals surface area contributed by atoms with Crippen LogP contribution in [0, 0.1) is 50.8 Å². The van der Waals surface area contributed by atoms with Gasteiger partial charge in [0.2, 0.25) is 0 Å². The Morgan fingerprint density at radius 1 is 1.13 bits per heavy atom. The molecule has 1 aromatic heterocycles. The summed E-state index contributed by atoms with van der Waals surface area (Å²) in [5.41, 5.74) is 1.30. The zero-order valence-electron chi connectivity index (χ0n) is 17.3. The van der Waals surface area contributed by atoms with E-state index in [4.69, 9.17) is 21.1 Å². The molecule has 0 fully saturated rings. The topological polar surface area (TPSA) is 59.5 Å². The molecule has 9 heteroatoms. The maximum atomic E-state index is 13.4. The Bertz CT molecular complexity index is 1000. The minimum atomic E-state index is -0.480. The van der Waals surface area contributed by atoms with E-state index >= 15 is 0 Å². The minimum absolute atomic E-state index is 0. The van der Waals surface area contributed by atoms with Crippen LogP contribution in [0.4, 0.5) is 15.9 Å². The summed E-state index contributed by atoms with van der Waals surface area (Å²) < 4.78 is 24.9. The quantitative estimate of drug-likeness (QED) is 0.245. The molecule has 31 heavy (non-hydrogen) atoms. The second-order valence-electron chi connectivity index (χ2n) is 6.54. The Morgan fingerprint density at radius 3 is 2.58 bits per heavy atom. The predicted octanol–water partition coefficient (Wildman–Crippen LogP) is 4.91. The first-order valence-electron chi connectivity index (χ1n) is 9.54. The third-order valence-electron chi connectivity index (χ3n) is 4.61. The summed E-state index contributed by atoms with van der Waals surface area (Å²) in [5.74, 6) is 1.25. The molecule has 0 saturated carbocycles. The van der Waals surface area contributed by atoms with Gasteiger partial charge in [-0.15, -0.1) is 13.1 Å². The van der Waals surface area contributed by atoms with E-state index in [1.54, 1.807) is 19.2 Å². The summed E-state index contributed by atoms with van der Waals surface area (Å²) in [4.78, 5) is 10.8. The van der Waals surface area contributed by atoms with Crippen LogP contribution in [-0.4, -0.2) is 48.2 Å². The molecular weight excluding hydrogens is 645 g/mol. The fourth-order valence-electron chi connectivity index (χ4n) is 2.95. The van der Waals surface area contributed by atoms with Crippen molar-refractivity contribution < 1.29 is 45.0 Å². The molecule has 3 aromatic rings. The van der Waals surface area contributed by atoms with E-state index < -0.39 is 5.82 Å². The van der Waals surface area contributed by atoms with E-state index in [2.05, 4.69) is 34.0 Å². The Kier molecular flexibility index (Phi) is 10.3. The number of benzene rings is 2. The van der Waals surface area contributed by atoms with Crippen LogP contribution in [0.25, 0.3) is 10.9 Å². The molecule has 0 amide bonds. The standard InChI is InChI=1S/C22H24ClFN4O2.U/c1-4-28(5-2)9-6-10-30-21-12-16-19(13-20(21)29-3)25-14-26-22(16)27-15-7-8-18(24)17(23)11-15;/h7-8,11-14H,1-2,4-6,9-10H2,3H3,(H,25,26,27);/q-2;+2. The maximum Gasteiger partial charge on any atom is 2.00 e. The summed E-state index contributed by atoms with van der Waals surface area (Å²) in [5, 5.41) is 3.93. The number of hydrogen-bond donors (Lipinski definition) is 1. The van der Waals surface area contributed by atoms with Crippen molar-refractivity contribution in [3.8, 4) is 11.5 Å². The number of ether oxygens (including phenoxy) is 2. The first-order valence-corrected chi connectivity index (χ1v) is 9.92. The third-order valence-corrected chi connectivity index (χ3v) is 4.90. The molecule has 6 nitrogen and oxygen atoms in total. The van der Waals surface area contributed by atoms with Gasteiger partial charge in [0.15, 0.2) is 11.5 Å². The van der Waals surface area contributed by atoms with Crippen molar-refractivity contribution >= 4 is 34.0 Å². The average molecular weight is 669 g/mol. The largest absolute Gasteiger partial charge is 2.00 e. The molecule has 0 radical (unpaired) electrons. The number of aromatic nitrogens is 2. The smallest absolute Gasteiger partial charge is 0.493 e. The van der Waals surface area contributed by atoms with Crippen molar-refractivity contribution in [2.75, 3.05) is 38.7 Å². The third kappa shape index (κ3) is 6.69. The van der Waals surface area contributed by atoms with Crippen molar-refractivity contribution in [1.82, 2.24) is 14.9 Å². The van der Waals surface area contributed by atoms with Gasteiger partial charge in [-0.2, -0.15) is 0 Å². The molecule has 3 rings (SSSR count). The fourth-order valence-corrected chi connectivity index (χ4v) is 3.13. The van der Waals surface area contributed by atoms with Gasteiger partial charge in [0.1, 0.15) is 18.0 Å². The molecule has 2 aromatic carbocycles. The Balaban J connectivity index is 0.00000341. The molecule has 1 heterocycles. The summed E-state index contributed by atoms with van der Waals surface area (Å²) >= 11 is 5.88. The number of rotatable bonds is 10. The van der Waals surface area contributed by atoms with E-state index in [0.29, 0.717) is 48.2 Å². The van der Waals surface area contributed by atoms with Crippen molar-refractivity contribution in [1.29, 1.82) is 0 Å². The Labute approximate surface area is 210 Å². The molecule has 0 aliphatic heterocycles. The van der Waals surface area contributed by atoms with E-state index in [0.717, 1.165) is 18.4 Å². The van der Waals surface area contributed by atoms with Gasteiger partial charge in [-0.05, 0) is 37.2 Å². The number of halogens is 2. The van der Waals surface area contributed by atoms with Crippen LogP contribution in [-0.2, 0) is 0 Å². The molecule has 0 atom stereocenters. The molecule has 162 valence electrons. The van der Waals surface area contributed by atoms with E-state index in [1.165, 1.54) is 18.5 Å². The van der Waals surface area contributed by atoms with Crippen LogP contribution in [0.3, 0.4) is 0 Å². The normalized spacial score (nSPS) is 10.8. The first kappa shape index (κ1) is 25.7. The van der Waals surface area contributed by atoms with Crippen LogP contribution in [0.5, 0.6) is 11.5 Å². The second kappa shape index (κ2) is 12.4. The number of nitrogens with zero attached hydrogens (tertiary/aromatic N) is 3. The zero-order valence-corrected chi connectivity index (χ0v) is 22.2. The molecule has 0 aliphatic carbocycles. The van der Waals surface area contributed by atoms with Crippen LogP contribution in [0.1, 0.15) is 6.42 Å². The SMILES string of the molecule is [CH2-]CN(C[CH2-])CCCOc1cc2c(Nc3ccc(F)c(Cl)c3)ncnc2cc1OC.[U+2]. The van der Waals surface area contributed by atoms with Crippen molar-refractivity contribution in [3.63, 3.8) is 0 Å². The van der Waals surface area contributed by atoms with Gasteiger partial charge in [-0.3, -0.25) is 0 Å². The van der Waals surface area contributed by atoms with Gasteiger partial charge in [-0.1, -0.05) is 11.6 Å². The molecule has 0 bridgehead atoms. The van der Waals surface area contributed by atoms with Crippen LogP contribution in [0.2, 0.25) is 5.02 Å². The summed E-state index contributed by atoms with van der Waals surface area (Å²) in [7, 11) is 1.59. The Hall–Kier alpha value is -1.59. The fraction of sp³-hybridized carbons (Fsp3) is 0.273. The van der Waals surface area contributed by atoms with Crippen LogP contribution in [0.15, 0.2) is 36.7 Å². The predicted molar refractivity (Wildman–Crippen MR) is 118 cm³/mol. The summed E-state index contributed by atoms with van der Waals surface area (Å²) in [6, 6.07) is 8.03. The van der Waals surface area contributed by atoms with Crippen LogP contribution >= 0.6 is 11.6 Å². The monoisotopic (exact) mass is 668 g/mol. The number of nitrogens with one attached hydrogen (secondary N) is 1. The van der Waals surface area contributed by atoms with Crippen molar-refractivity contribution in [2.45, 2.75) is 6.42 Å². The van der Waals surface area contributed by atoms with Crippen molar-refractivity contribution in [2.24, 2.45) is 0 Å². The molecular formula is C22H24ClFN4O2U. The number of hydrogen-bond acceptors (Lipinski definition) is 6. The van der Waals surface area contributed by atoms with E-state index in [-0.39, 0.29) is 36.1 Å². The maximum absolute atomic E-state index is 13.4. The van der Waals surface area contributed by atoms with Gasteiger partial charge >= 0.3 is 31.1 Å². The molecule has 0 unspecified atom stereocenters. The van der Waals surface area contributed by atoms with Gasteiger partial charge in [-0.25, -0.2) is 14.4 Å². The minimum Gasteiger partial charge on any atom is -0.493 e. The molecule has 1 N–H and O–H groups in total. The zero-order chi connectivity index (χ0) is 21.5. The average Bonchev–Trinajstić information content (AvgIpc) is 2.76. The number of methoxy groups -OCH3 is 1.